The van der Waals surface area contributed by atoms with Gasteiger partial charge in [0.2, 0.25) is 0 Å². The van der Waals surface area contributed by atoms with Crippen molar-refractivity contribution in [1.82, 2.24) is 0 Å². The van der Waals surface area contributed by atoms with Crippen LogP contribution in [0.2, 0.25) is 0 Å². The SMILES string of the molecule is CCOC=C=C=O. The first-order chi connectivity index (χ1) is 3.41. The molecule has 0 aliphatic carbocycles. The van der Waals surface area contributed by atoms with Gasteiger partial charge in [0.05, 0.1) is 6.61 Å². The minimum Gasteiger partial charge on any atom is -0.493 e. The van der Waals surface area contributed by atoms with Crippen LogP contribution >= 0.6 is 0 Å². The minimum atomic E-state index is 0.564. The Bertz CT molecular complexity index is 105. The third-order valence-corrected chi connectivity index (χ3v) is 0.368. The maximum absolute atomic E-state index is 9.33. The van der Waals surface area contributed by atoms with Crippen molar-refractivity contribution < 1.29 is 9.53 Å². The predicted molar refractivity (Wildman–Crippen MR) is 25.4 cm³/mol. The zero-order valence-electron chi connectivity index (χ0n) is 4.10. The molecule has 0 saturated carbocycles. The summed E-state index contributed by atoms with van der Waals surface area (Å²) in [6.07, 6.45) is 1.19. The second-order valence-corrected chi connectivity index (χ2v) is 0.820. The normalized spacial score (nSPS) is 5.86. The summed E-state index contributed by atoms with van der Waals surface area (Å²) < 4.78 is 4.58. The van der Waals surface area contributed by atoms with Gasteiger partial charge in [-0.2, -0.15) is 0 Å². The lowest BCUT2D eigenvalue weighted by Crippen LogP contribution is -1.73. The summed E-state index contributed by atoms with van der Waals surface area (Å²) in [5.74, 6) is 1.42. The zero-order valence-corrected chi connectivity index (χ0v) is 4.10. The summed E-state index contributed by atoms with van der Waals surface area (Å²) in [7, 11) is 0. The molecule has 0 amide bonds. The van der Waals surface area contributed by atoms with E-state index in [9.17, 15) is 4.79 Å². The molecule has 0 N–H and O–H groups in total. The Hall–Kier alpha value is -0.970. The van der Waals surface area contributed by atoms with Crippen molar-refractivity contribution in [3.05, 3.63) is 12.0 Å². The molecule has 0 bridgehead atoms. The molecular weight excluding hydrogens is 92.1 g/mol. The zero-order chi connectivity index (χ0) is 5.54. The van der Waals surface area contributed by atoms with E-state index in [1.54, 1.807) is 0 Å². The van der Waals surface area contributed by atoms with Crippen LogP contribution in [0.3, 0.4) is 0 Å². The van der Waals surface area contributed by atoms with Crippen molar-refractivity contribution in [3.63, 3.8) is 0 Å². The molecule has 0 saturated heterocycles. The fourth-order valence-corrected chi connectivity index (χ4v) is 0.149. The van der Waals surface area contributed by atoms with Crippen molar-refractivity contribution in [3.8, 4) is 0 Å². The Morgan fingerprint density at radius 1 is 1.86 bits per heavy atom. The van der Waals surface area contributed by atoms with Crippen molar-refractivity contribution in [2.24, 2.45) is 0 Å². The predicted octanol–water partition coefficient (Wildman–Crippen LogP) is 0.523. The van der Waals surface area contributed by atoms with Gasteiger partial charge in [-0.15, -0.1) is 0 Å². The molecule has 0 spiro atoms. The molecule has 0 rings (SSSR count). The van der Waals surface area contributed by atoms with E-state index in [2.05, 4.69) is 10.5 Å². The Morgan fingerprint density at radius 2 is 2.57 bits per heavy atom. The van der Waals surface area contributed by atoms with Gasteiger partial charge < -0.3 is 4.74 Å². The van der Waals surface area contributed by atoms with Crippen molar-refractivity contribution in [2.75, 3.05) is 6.61 Å². The summed E-state index contributed by atoms with van der Waals surface area (Å²) in [5, 5.41) is 0. The van der Waals surface area contributed by atoms with E-state index < -0.39 is 0 Å². The van der Waals surface area contributed by atoms with Crippen molar-refractivity contribution in [1.29, 1.82) is 0 Å². The lowest BCUT2D eigenvalue weighted by Gasteiger charge is -1.83. The molecule has 2 heteroatoms. The molecule has 7 heavy (non-hydrogen) atoms. The highest BCUT2D eigenvalue weighted by molar-refractivity contribution is 5.42. The van der Waals surface area contributed by atoms with Gasteiger partial charge in [0.25, 0.3) is 0 Å². The first kappa shape index (κ1) is 6.03. The van der Waals surface area contributed by atoms with Gasteiger partial charge in [-0.1, -0.05) is 0 Å². The first-order valence-electron chi connectivity index (χ1n) is 1.97. The van der Waals surface area contributed by atoms with Crippen molar-refractivity contribution in [2.45, 2.75) is 6.92 Å². The minimum absolute atomic E-state index is 0.564. The fraction of sp³-hybridized carbons (Fsp3) is 0.400. The van der Waals surface area contributed by atoms with Crippen molar-refractivity contribution >= 4 is 5.94 Å². The molecule has 0 aliphatic heterocycles. The van der Waals surface area contributed by atoms with E-state index in [0.717, 1.165) is 0 Å². The lowest BCUT2D eigenvalue weighted by atomic mass is 10.8. The van der Waals surface area contributed by atoms with Gasteiger partial charge in [-0.25, -0.2) is 4.79 Å². The highest BCUT2D eigenvalue weighted by Gasteiger charge is 1.60. The molecule has 0 radical (unpaired) electrons. The number of carbonyl (C=O) groups excluding carboxylic acids is 1. The molecule has 0 aromatic heterocycles. The van der Waals surface area contributed by atoms with Gasteiger partial charge in [0.1, 0.15) is 6.26 Å². The molecule has 38 valence electrons. The summed E-state index contributed by atoms with van der Waals surface area (Å²) in [6, 6.07) is 0. The third kappa shape index (κ3) is 5.03. The molecule has 0 aliphatic rings. The Kier molecular flexibility index (Phi) is 4.33. The molecule has 0 atom stereocenters. The quantitative estimate of drug-likeness (QED) is 0.286. The topological polar surface area (TPSA) is 26.3 Å². The summed E-state index contributed by atoms with van der Waals surface area (Å²) >= 11 is 0. The monoisotopic (exact) mass is 98.0 g/mol. The summed E-state index contributed by atoms with van der Waals surface area (Å²) in [5.41, 5.74) is 2.10. The maximum atomic E-state index is 9.33. The van der Waals surface area contributed by atoms with Crippen LogP contribution in [0.4, 0.5) is 0 Å². The Balaban J connectivity index is 3.28. The molecule has 0 aromatic rings. The molecule has 2 nitrogen and oxygen atoms in total. The van der Waals surface area contributed by atoms with Crippen LogP contribution in [0.25, 0.3) is 0 Å². The van der Waals surface area contributed by atoms with Gasteiger partial charge in [0, 0.05) is 5.73 Å². The highest BCUT2D eigenvalue weighted by atomic mass is 16.5. The fourth-order valence-electron chi connectivity index (χ4n) is 0.149. The van der Waals surface area contributed by atoms with Crippen LogP contribution in [0, 0.1) is 0 Å². The first-order valence-corrected chi connectivity index (χ1v) is 1.97. The lowest BCUT2D eigenvalue weighted by molar-refractivity contribution is 0.270. The molecule has 0 unspecified atom stereocenters. The number of hydrogen-bond donors (Lipinski definition) is 0. The Morgan fingerprint density at radius 3 is 3.00 bits per heavy atom. The molecule has 0 fully saturated rings. The standard InChI is InChI=1S/C5H6O2/c1-2-7-5-3-4-6/h5H,2H2,1H3. The second kappa shape index (κ2) is 5.03. The van der Waals surface area contributed by atoms with E-state index >= 15 is 0 Å². The molecule has 0 heterocycles. The number of rotatable bonds is 2. The van der Waals surface area contributed by atoms with Gasteiger partial charge in [0.15, 0.2) is 5.94 Å². The molecular formula is C5H6O2. The smallest absolute Gasteiger partial charge is 0.180 e. The van der Waals surface area contributed by atoms with Gasteiger partial charge in [-0.3, -0.25) is 0 Å². The van der Waals surface area contributed by atoms with Crippen LogP contribution in [0.15, 0.2) is 12.0 Å². The van der Waals surface area contributed by atoms with Crippen LogP contribution in [0.5, 0.6) is 0 Å². The van der Waals surface area contributed by atoms with E-state index in [0.29, 0.717) is 6.61 Å². The number of hydrogen-bond acceptors (Lipinski definition) is 2. The van der Waals surface area contributed by atoms with Crippen LogP contribution in [0.1, 0.15) is 6.92 Å². The Labute approximate surface area is 42.1 Å². The summed E-state index contributed by atoms with van der Waals surface area (Å²) in [6.45, 7) is 2.39. The van der Waals surface area contributed by atoms with E-state index in [4.69, 9.17) is 0 Å². The van der Waals surface area contributed by atoms with E-state index in [-0.39, 0.29) is 0 Å². The number of ether oxygens (including phenoxy) is 1. The maximum Gasteiger partial charge on any atom is 0.180 e. The van der Waals surface area contributed by atoms with E-state index in [1.165, 1.54) is 12.2 Å². The van der Waals surface area contributed by atoms with Gasteiger partial charge >= 0.3 is 0 Å². The van der Waals surface area contributed by atoms with Crippen LogP contribution < -0.4 is 0 Å². The van der Waals surface area contributed by atoms with Gasteiger partial charge in [-0.05, 0) is 6.92 Å². The summed E-state index contributed by atoms with van der Waals surface area (Å²) in [4.78, 5) is 9.33. The average molecular weight is 98.1 g/mol. The van der Waals surface area contributed by atoms with Crippen LogP contribution in [-0.2, 0) is 9.53 Å². The largest absolute Gasteiger partial charge is 0.493 e. The third-order valence-electron chi connectivity index (χ3n) is 0.368. The average Bonchev–Trinajstić information content (AvgIpc) is 1.69. The second-order valence-electron chi connectivity index (χ2n) is 0.820. The molecule has 0 aromatic carbocycles. The van der Waals surface area contributed by atoms with Crippen LogP contribution in [-0.4, -0.2) is 12.5 Å². The van der Waals surface area contributed by atoms with E-state index in [1.807, 2.05) is 6.92 Å². The highest BCUT2D eigenvalue weighted by Crippen LogP contribution is 1.67.